The minimum absolute atomic E-state index is 0.0378. The molecule has 0 radical (unpaired) electrons. The normalized spacial score (nSPS) is 56.5. The number of esters is 1. The van der Waals surface area contributed by atoms with Gasteiger partial charge in [0.15, 0.2) is 31.5 Å². The SMILES string of the molecule is CC(=O)OC[C@H]1O[C@@H](O[C@H]2[C@H](O[C@H]3CC[C@]4(C)[C@H]5CC[C@]67OC[C@@]8(CC[C@](C)(C=O)C[C@H]86)[C@H](O)C[C@@]7(C)[C@]5(C)CC[C@H]4C3(C)C)OC[C@H](O[C@@H]3O[C@H](CO)[C@@H](O)[C@H](O[C@@H]4O[C@@H](C)[C@H](O)[C@@H](O)[C@H]4O)[C@H]3O[C@@H]3OC[C@@H](O)[C@H](O)[C@H]3O)[C@@H]2O)[C@H](O)[C@@H](O)[C@@H]1O. The highest BCUT2D eigenvalue weighted by molar-refractivity contribution is 5.65. The number of rotatable bonds is 14. The quantitative estimate of drug-likeness (QED) is 0.0487. The predicted octanol–water partition coefficient (Wildman–Crippen LogP) is -2.47. The summed E-state index contributed by atoms with van der Waals surface area (Å²) in [6.45, 7) is 13.9. The van der Waals surface area contributed by atoms with E-state index in [1.165, 1.54) is 6.92 Å². The van der Waals surface area contributed by atoms with Crippen molar-refractivity contribution >= 4 is 12.3 Å². The Kier molecular flexibility index (Phi) is 18.5. The molecule has 2 bridgehead atoms. The van der Waals surface area contributed by atoms with Crippen LogP contribution in [0.25, 0.3) is 0 Å². The largest absolute Gasteiger partial charge is 0.463 e. The van der Waals surface area contributed by atoms with Crippen molar-refractivity contribution < 1.29 is 133 Å². The lowest BCUT2D eigenvalue weighted by atomic mass is 9.30. The molecule has 0 unspecified atom stereocenters. The molecule has 11 fully saturated rings. The van der Waals surface area contributed by atoms with Gasteiger partial charge in [-0.1, -0.05) is 41.5 Å². The van der Waals surface area contributed by atoms with Crippen molar-refractivity contribution in [3.05, 3.63) is 0 Å². The van der Waals surface area contributed by atoms with Crippen LogP contribution in [0.3, 0.4) is 0 Å². The molecule has 5 aliphatic carbocycles. The van der Waals surface area contributed by atoms with Crippen molar-refractivity contribution in [3.63, 3.8) is 0 Å². The maximum atomic E-state index is 12.8. The first-order chi connectivity index (χ1) is 40.9. The average Bonchev–Trinajstić information content (AvgIpc) is 1.62. The smallest absolute Gasteiger partial charge is 0.302 e. The lowest BCUT2D eigenvalue weighted by molar-refractivity contribution is -0.404. The Morgan fingerprint density at radius 2 is 1.20 bits per heavy atom. The third kappa shape index (κ3) is 10.7. The number of aldehydes is 1. The number of carbonyl (C=O) groups excluding carboxylic acids is 2. The van der Waals surface area contributed by atoms with E-state index in [0.717, 1.165) is 51.7 Å². The third-order valence-electron chi connectivity index (χ3n) is 24.3. The summed E-state index contributed by atoms with van der Waals surface area (Å²) in [4.78, 5) is 24.6. The minimum Gasteiger partial charge on any atom is -0.463 e. The molecular formula is C60H96O27. The van der Waals surface area contributed by atoms with Crippen LogP contribution in [0.2, 0.25) is 0 Å². The first-order valence-electron chi connectivity index (χ1n) is 31.3. The molecular weight excluding hydrogens is 1150 g/mol. The summed E-state index contributed by atoms with van der Waals surface area (Å²) in [6.07, 6.45) is -32.8. The molecule has 11 rings (SSSR count). The second kappa shape index (κ2) is 24.2. The van der Waals surface area contributed by atoms with E-state index in [4.69, 9.17) is 56.8 Å². The highest BCUT2D eigenvalue weighted by Gasteiger charge is 2.80. The molecule has 6 aliphatic heterocycles. The predicted molar refractivity (Wildman–Crippen MR) is 291 cm³/mol. The number of carbonyl (C=O) groups is 2. The summed E-state index contributed by atoms with van der Waals surface area (Å²) in [6, 6.07) is 0. The van der Waals surface area contributed by atoms with Crippen LogP contribution in [0.5, 0.6) is 0 Å². The fourth-order valence-electron chi connectivity index (χ4n) is 19.0. The summed E-state index contributed by atoms with van der Waals surface area (Å²) in [7, 11) is 0. The summed E-state index contributed by atoms with van der Waals surface area (Å²) < 4.78 is 74.4. The van der Waals surface area contributed by atoms with Crippen LogP contribution in [0, 0.1) is 50.2 Å². The lowest BCUT2D eigenvalue weighted by Crippen LogP contribution is -2.74. The van der Waals surface area contributed by atoms with Crippen LogP contribution in [-0.4, -0.2) is 271 Å². The van der Waals surface area contributed by atoms with Gasteiger partial charge in [0.25, 0.3) is 0 Å². The first-order valence-corrected chi connectivity index (χ1v) is 31.3. The van der Waals surface area contributed by atoms with E-state index in [0.29, 0.717) is 32.3 Å². The zero-order chi connectivity index (χ0) is 63.0. The van der Waals surface area contributed by atoms with Gasteiger partial charge in [-0.15, -0.1) is 0 Å². The number of aliphatic hydroxyl groups is 13. The molecule has 0 aromatic heterocycles. The first kappa shape index (κ1) is 66.6. The number of ether oxygens (including phenoxy) is 12. The van der Waals surface area contributed by atoms with Crippen LogP contribution in [0.15, 0.2) is 0 Å². The van der Waals surface area contributed by atoms with E-state index < -0.39 is 208 Å². The summed E-state index contributed by atoms with van der Waals surface area (Å²) in [5.41, 5.74) is -2.90. The van der Waals surface area contributed by atoms with Crippen LogP contribution in [-0.2, 0) is 66.4 Å². The fraction of sp³-hybridized carbons (Fsp3) is 0.967. The molecule has 6 saturated heterocycles. The molecule has 87 heavy (non-hydrogen) atoms. The third-order valence-corrected chi connectivity index (χ3v) is 24.3. The average molecular weight is 1250 g/mol. The topological polar surface area (TPSA) is 408 Å². The fourth-order valence-corrected chi connectivity index (χ4v) is 19.0. The van der Waals surface area contributed by atoms with E-state index >= 15 is 0 Å². The van der Waals surface area contributed by atoms with E-state index in [1.54, 1.807) is 0 Å². The van der Waals surface area contributed by atoms with Crippen molar-refractivity contribution in [1.82, 2.24) is 0 Å². The van der Waals surface area contributed by atoms with Crippen LogP contribution >= 0.6 is 0 Å². The maximum Gasteiger partial charge on any atom is 0.302 e. The van der Waals surface area contributed by atoms with Crippen molar-refractivity contribution in [1.29, 1.82) is 0 Å². The van der Waals surface area contributed by atoms with Crippen molar-refractivity contribution in [3.8, 4) is 0 Å². The Balaban J connectivity index is 0.876. The molecule has 34 atom stereocenters. The Hall–Kier alpha value is -1.82. The Morgan fingerprint density at radius 3 is 1.89 bits per heavy atom. The molecule has 1 spiro atoms. The Morgan fingerprint density at radius 1 is 0.563 bits per heavy atom. The van der Waals surface area contributed by atoms with E-state index in [9.17, 15) is 76.0 Å². The standard InChI is InChI=1S/C60H96O27/c1-25-36(66)41(71)44(74)50(80-25)85-46-39(69)28(19-61)81-53(48(46)87-49-43(73)37(67)27(64)20-77-49)83-30-22-78-52(47(40(30)70)86-51-45(75)42(72)38(68)29(82-51)21-76-26(2)63)84-35-11-12-56(6)31(54(35,3)4)9-13-57(7)32(56)10-14-60-33-17-55(5,23-62)15-16-59(33,24-79-60)34(65)18-58(57,60)8/h23,25,27-53,61,64-75H,9-22,24H2,1-8H3/t25-,27+,28+,29+,30-,31-,32+,33+,34+,35-,36-,37-,38+,39+,40-,41+,42-,43+,44+,45+,46-,47+,48+,49-,50-,51-,52-,53-,55-,56-,57+,58-,59+,60-/m0/s1. The van der Waals surface area contributed by atoms with E-state index in [1.807, 2.05) is 6.92 Å². The van der Waals surface area contributed by atoms with Gasteiger partial charge in [0.05, 0.1) is 50.3 Å². The second-order valence-corrected chi connectivity index (χ2v) is 29.2. The lowest BCUT2D eigenvalue weighted by Gasteiger charge is -2.75. The van der Waals surface area contributed by atoms with Crippen molar-refractivity contribution in [2.45, 2.75) is 279 Å². The maximum absolute atomic E-state index is 12.8. The molecule has 0 amide bonds. The molecule has 0 aromatic rings. The summed E-state index contributed by atoms with van der Waals surface area (Å²) in [5, 5.41) is 145. The second-order valence-electron chi connectivity index (χ2n) is 29.2. The molecule has 13 N–H and O–H groups in total. The number of fused-ring (bicyclic) bond motifs is 4. The molecule has 5 saturated carbocycles. The van der Waals surface area contributed by atoms with Gasteiger partial charge >= 0.3 is 5.97 Å². The van der Waals surface area contributed by atoms with E-state index in [2.05, 4.69) is 34.6 Å². The van der Waals surface area contributed by atoms with Crippen LogP contribution < -0.4 is 0 Å². The number of hydrogen-bond acceptors (Lipinski definition) is 27. The van der Waals surface area contributed by atoms with Gasteiger partial charge in [-0.25, -0.2) is 0 Å². The van der Waals surface area contributed by atoms with Crippen LogP contribution in [0.4, 0.5) is 0 Å². The molecule has 498 valence electrons. The van der Waals surface area contributed by atoms with Gasteiger partial charge in [-0.2, -0.15) is 0 Å². The number of hydrogen-bond donors (Lipinski definition) is 13. The Bertz CT molecular complexity index is 2450. The molecule has 6 heterocycles. The molecule has 27 heteroatoms. The minimum atomic E-state index is -1.98. The molecule has 11 aliphatic rings. The monoisotopic (exact) mass is 1250 g/mol. The zero-order valence-electron chi connectivity index (χ0n) is 50.9. The Labute approximate surface area is 505 Å². The summed E-state index contributed by atoms with van der Waals surface area (Å²) >= 11 is 0. The van der Waals surface area contributed by atoms with Gasteiger partial charge in [0.1, 0.15) is 117 Å². The van der Waals surface area contributed by atoms with Crippen molar-refractivity contribution in [2.24, 2.45) is 50.2 Å². The molecule has 0 aromatic carbocycles. The van der Waals surface area contributed by atoms with Crippen molar-refractivity contribution in [2.75, 3.05) is 33.0 Å². The van der Waals surface area contributed by atoms with Gasteiger partial charge in [0, 0.05) is 23.2 Å². The van der Waals surface area contributed by atoms with Crippen LogP contribution in [0.1, 0.15) is 120 Å². The van der Waals surface area contributed by atoms with Gasteiger partial charge in [0.2, 0.25) is 0 Å². The summed E-state index contributed by atoms with van der Waals surface area (Å²) in [5.74, 6) is -0.428. The highest BCUT2D eigenvalue weighted by atomic mass is 16.8. The van der Waals surface area contributed by atoms with Gasteiger partial charge in [-0.05, 0) is 105 Å². The van der Waals surface area contributed by atoms with E-state index in [-0.39, 0.29) is 34.0 Å². The van der Waals surface area contributed by atoms with Gasteiger partial charge < -0.3 is 128 Å². The van der Waals surface area contributed by atoms with Gasteiger partial charge in [-0.3, -0.25) is 4.79 Å². The molecule has 27 nitrogen and oxygen atoms in total. The number of aliphatic hydroxyl groups excluding tert-OH is 13. The zero-order valence-corrected chi connectivity index (χ0v) is 50.9. The highest BCUT2D eigenvalue weighted by Crippen LogP contribution is 2.80.